The Hall–Kier alpha value is -2.49. The first kappa shape index (κ1) is 15.9. The van der Waals surface area contributed by atoms with Crippen LogP contribution in [0.1, 0.15) is 5.56 Å². The van der Waals surface area contributed by atoms with Crippen LogP contribution in [0, 0.1) is 0 Å². The lowest BCUT2D eigenvalue weighted by atomic mass is 10.1. The molecule has 116 valence electrons. The Morgan fingerprint density at radius 1 is 1.14 bits per heavy atom. The van der Waals surface area contributed by atoms with Gasteiger partial charge in [0.1, 0.15) is 5.75 Å². The molecule has 22 heavy (non-hydrogen) atoms. The van der Waals surface area contributed by atoms with Gasteiger partial charge in [-0.25, -0.2) is 0 Å². The molecule has 0 aromatic heterocycles. The second-order valence-electron chi connectivity index (χ2n) is 5.14. The fraction of sp³-hybridized carbons (Fsp3) is 0.278. The number of para-hydroxylation sites is 1. The molecule has 1 N–H and O–H groups in total. The van der Waals surface area contributed by atoms with Crippen LogP contribution < -0.4 is 15.0 Å². The molecule has 0 aliphatic carbocycles. The van der Waals surface area contributed by atoms with Crippen molar-refractivity contribution in [1.29, 1.82) is 0 Å². The van der Waals surface area contributed by atoms with Crippen LogP contribution in [0.2, 0.25) is 0 Å². The average Bonchev–Trinajstić information content (AvgIpc) is 2.55. The molecule has 0 saturated heterocycles. The molecule has 2 rings (SSSR count). The predicted octanol–water partition coefficient (Wildman–Crippen LogP) is 2.49. The summed E-state index contributed by atoms with van der Waals surface area (Å²) in [5.41, 5.74) is 2.10. The minimum absolute atomic E-state index is 0.0229. The summed E-state index contributed by atoms with van der Waals surface area (Å²) in [4.78, 5) is 14.1. The maximum absolute atomic E-state index is 12.0. The second-order valence-corrected chi connectivity index (χ2v) is 5.14. The third-order valence-corrected chi connectivity index (χ3v) is 3.47. The molecule has 0 bridgehead atoms. The standard InChI is InChI=1S/C18H22N2O2/c1-20(16-8-4-3-5-9-16)12-11-19-18(21)14-15-7-6-10-17(13-15)22-2/h3-10,13H,11-12,14H2,1-2H3,(H,19,21). The molecule has 4 heteroatoms. The number of carbonyl (C=O) groups is 1. The van der Waals surface area contributed by atoms with Gasteiger partial charge in [-0.1, -0.05) is 30.3 Å². The van der Waals surface area contributed by atoms with E-state index >= 15 is 0 Å². The Balaban J connectivity index is 1.76. The predicted molar refractivity (Wildman–Crippen MR) is 89.4 cm³/mol. The summed E-state index contributed by atoms with van der Waals surface area (Å²) in [6, 6.07) is 17.7. The minimum Gasteiger partial charge on any atom is -0.497 e. The van der Waals surface area contributed by atoms with Crippen molar-refractivity contribution < 1.29 is 9.53 Å². The Kier molecular flexibility index (Phi) is 5.83. The topological polar surface area (TPSA) is 41.6 Å². The van der Waals surface area contributed by atoms with E-state index in [-0.39, 0.29) is 5.91 Å². The van der Waals surface area contributed by atoms with Crippen LogP contribution in [0.25, 0.3) is 0 Å². The van der Waals surface area contributed by atoms with Gasteiger partial charge in [-0.05, 0) is 29.8 Å². The molecule has 0 radical (unpaired) electrons. The van der Waals surface area contributed by atoms with Crippen molar-refractivity contribution in [2.75, 3.05) is 32.1 Å². The minimum atomic E-state index is 0.0229. The van der Waals surface area contributed by atoms with E-state index in [0.717, 1.165) is 23.5 Å². The van der Waals surface area contributed by atoms with E-state index in [1.807, 2.05) is 49.5 Å². The average molecular weight is 298 g/mol. The molecule has 2 aromatic rings. The number of likely N-dealkylation sites (N-methyl/N-ethyl adjacent to an activating group) is 1. The molecular weight excluding hydrogens is 276 g/mol. The number of nitrogens with one attached hydrogen (secondary N) is 1. The second kappa shape index (κ2) is 8.08. The van der Waals surface area contributed by atoms with E-state index in [1.54, 1.807) is 7.11 Å². The maximum atomic E-state index is 12.0. The molecule has 1 amide bonds. The number of nitrogens with zero attached hydrogens (tertiary/aromatic N) is 1. The zero-order chi connectivity index (χ0) is 15.8. The van der Waals surface area contributed by atoms with Gasteiger partial charge in [0, 0.05) is 25.8 Å². The third kappa shape index (κ3) is 4.81. The van der Waals surface area contributed by atoms with Crippen LogP contribution in [0.15, 0.2) is 54.6 Å². The van der Waals surface area contributed by atoms with Crippen LogP contribution in [-0.2, 0) is 11.2 Å². The quantitative estimate of drug-likeness (QED) is 0.854. The van der Waals surface area contributed by atoms with Gasteiger partial charge >= 0.3 is 0 Å². The summed E-state index contributed by atoms with van der Waals surface area (Å²) in [5.74, 6) is 0.795. The fourth-order valence-electron chi connectivity index (χ4n) is 2.20. The Labute approximate surface area is 131 Å². The first-order valence-electron chi connectivity index (χ1n) is 7.35. The molecule has 0 aliphatic heterocycles. The molecule has 0 saturated carbocycles. The lowest BCUT2D eigenvalue weighted by Gasteiger charge is -2.19. The normalized spacial score (nSPS) is 10.1. The largest absolute Gasteiger partial charge is 0.497 e. The summed E-state index contributed by atoms with van der Waals surface area (Å²) in [7, 11) is 3.64. The van der Waals surface area contributed by atoms with Gasteiger partial charge < -0.3 is 15.0 Å². The lowest BCUT2D eigenvalue weighted by molar-refractivity contribution is -0.120. The van der Waals surface area contributed by atoms with Gasteiger partial charge in [-0.2, -0.15) is 0 Å². The number of methoxy groups -OCH3 is 1. The summed E-state index contributed by atoms with van der Waals surface area (Å²) in [6.07, 6.45) is 0.367. The van der Waals surface area contributed by atoms with Crippen molar-refractivity contribution in [1.82, 2.24) is 5.32 Å². The van der Waals surface area contributed by atoms with Crippen LogP contribution in [0.3, 0.4) is 0 Å². The molecule has 0 spiro atoms. The van der Waals surface area contributed by atoms with Gasteiger partial charge in [-0.3, -0.25) is 4.79 Å². The van der Waals surface area contributed by atoms with E-state index < -0.39 is 0 Å². The van der Waals surface area contributed by atoms with Crippen molar-refractivity contribution in [2.24, 2.45) is 0 Å². The van der Waals surface area contributed by atoms with Gasteiger partial charge in [0.25, 0.3) is 0 Å². The van der Waals surface area contributed by atoms with Crippen molar-refractivity contribution >= 4 is 11.6 Å². The Morgan fingerprint density at radius 2 is 1.91 bits per heavy atom. The van der Waals surface area contributed by atoms with Crippen molar-refractivity contribution in [3.05, 3.63) is 60.2 Å². The highest BCUT2D eigenvalue weighted by Gasteiger charge is 2.05. The van der Waals surface area contributed by atoms with E-state index in [4.69, 9.17) is 4.74 Å². The zero-order valence-electron chi connectivity index (χ0n) is 13.1. The number of ether oxygens (including phenoxy) is 1. The maximum Gasteiger partial charge on any atom is 0.224 e. The van der Waals surface area contributed by atoms with E-state index in [9.17, 15) is 4.79 Å². The lowest BCUT2D eigenvalue weighted by Crippen LogP contribution is -2.33. The smallest absolute Gasteiger partial charge is 0.224 e. The van der Waals surface area contributed by atoms with Gasteiger partial charge in [0.15, 0.2) is 0 Å². The Morgan fingerprint density at radius 3 is 2.64 bits per heavy atom. The summed E-state index contributed by atoms with van der Waals surface area (Å²) in [6.45, 7) is 1.39. The first-order chi connectivity index (χ1) is 10.7. The van der Waals surface area contributed by atoms with Gasteiger partial charge in [0.2, 0.25) is 5.91 Å². The molecule has 0 atom stereocenters. The summed E-state index contributed by atoms with van der Waals surface area (Å²) >= 11 is 0. The van der Waals surface area contributed by atoms with Crippen LogP contribution in [0.4, 0.5) is 5.69 Å². The fourth-order valence-corrected chi connectivity index (χ4v) is 2.20. The number of anilines is 1. The summed E-state index contributed by atoms with van der Waals surface area (Å²) < 4.78 is 5.16. The number of carbonyl (C=O) groups excluding carboxylic acids is 1. The van der Waals surface area contributed by atoms with Crippen LogP contribution in [-0.4, -0.2) is 33.2 Å². The SMILES string of the molecule is COc1cccc(CC(=O)NCCN(C)c2ccccc2)c1. The molecular formula is C18H22N2O2. The number of rotatable bonds is 7. The molecule has 0 fully saturated rings. The Bertz CT molecular complexity index is 599. The molecule has 2 aromatic carbocycles. The molecule has 0 heterocycles. The highest BCUT2D eigenvalue weighted by Crippen LogP contribution is 2.13. The van der Waals surface area contributed by atoms with E-state index in [1.165, 1.54) is 0 Å². The molecule has 4 nitrogen and oxygen atoms in total. The third-order valence-electron chi connectivity index (χ3n) is 3.47. The van der Waals surface area contributed by atoms with Crippen molar-refractivity contribution in [2.45, 2.75) is 6.42 Å². The van der Waals surface area contributed by atoms with E-state index in [0.29, 0.717) is 13.0 Å². The highest BCUT2D eigenvalue weighted by molar-refractivity contribution is 5.78. The molecule has 0 aliphatic rings. The van der Waals surface area contributed by atoms with Crippen molar-refractivity contribution in [3.8, 4) is 5.75 Å². The summed E-state index contributed by atoms with van der Waals surface area (Å²) in [5, 5.41) is 2.95. The molecule has 0 unspecified atom stereocenters. The highest BCUT2D eigenvalue weighted by atomic mass is 16.5. The monoisotopic (exact) mass is 298 g/mol. The zero-order valence-corrected chi connectivity index (χ0v) is 13.1. The number of hydrogen-bond acceptors (Lipinski definition) is 3. The van der Waals surface area contributed by atoms with Crippen molar-refractivity contribution in [3.63, 3.8) is 0 Å². The van der Waals surface area contributed by atoms with Gasteiger partial charge in [0.05, 0.1) is 13.5 Å². The van der Waals surface area contributed by atoms with Crippen LogP contribution in [0.5, 0.6) is 5.75 Å². The number of amides is 1. The first-order valence-corrected chi connectivity index (χ1v) is 7.35. The number of hydrogen-bond donors (Lipinski definition) is 1. The van der Waals surface area contributed by atoms with Crippen LogP contribution >= 0.6 is 0 Å². The number of benzene rings is 2. The van der Waals surface area contributed by atoms with Gasteiger partial charge in [-0.15, -0.1) is 0 Å². The van der Waals surface area contributed by atoms with E-state index in [2.05, 4.69) is 22.3 Å².